The molecular formula is C16H14ClNO2S3. The Morgan fingerprint density at radius 2 is 1.96 bits per heavy atom. The van der Waals surface area contributed by atoms with Crippen LogP contribution >= 0.6 is 34.3 Å². The molecule has 1 N–H and O–H groups in total. The molecule has 3 aromatic rings. The molecule has 0 spiro atoms. The van der Waals surface area contributed by atoms with Crippen LogP contribution in [0.15, 0.2) is 57.4 Å². The Kier molecular flexibility index (Phi) is 4.89. The number of sulfonamides is 1. The van der Waals surface area contributed by atoms with Crippen molar-refractivity contribution in [3.63, 3.8) is 0 Å². The summed E-state index contributed by atoms with van der Waals surface area (Å²) >= 11 is 9.13. The fourth-order valence-corrected chi connectivity index (χ4v) is 5.55. The summed E-state index contributed by atoms with van der Waals surface area (Å²) in [5, 5.41) is 6.27. The second-order valence-corrected chi connectivity index (χ2v) is 8.84. The molecule has 3 nitrogen and oxygen atoms in total. The molecular weight excluding hydrogens is 370 g/mol. The van der Waals surface area contributed by atoms with Gasteiger partial charge in [-0.15, -0.1) is 11.3 Å². The van der Waals surface area contributed by atoms with Crippen LogP contribution in [-0.4, -0.2) is 8.42 Å². The average molecular weight is 384 g/mol. The monoisotopic (exact) mass is 383 g/mol. The van der Waals surface area contributed by atoms with Crippen LogP contribution in [0.2, 0.25) is 5.02 Å². The summed E-state index contributed by atoms with van der Waals surface area (Å²) in [6.45, 7) is 1.71. The number of hydrogen-bond donors (Lipinski definition) is 1. The zero-order valence-corrected chi connectivity index (χ0v) is 15.4. The molecule has 0 radical (unpaired) electrons. The molecule has 2 aromatic heterocycles. The van der Waals surface area contributed by atoms with Crippen molar-refractivity contribution in [1.82, 2.24) is 4.72 Å². The zero-order valence-electron chi connectivity index (χ0n) is 12.2. The van der Waals surface area contributed by atoms with E-state index in [0.717, 1.165) is 10.4 Å². The fraction of sp³-hybridized carbons (Fsp3) is 0.125. The van der Waals surface area contributed by atoms with Crippen LogP contribution in [0.5, 0.6) is 0 Å². The van der Waals surface area contributed by atoms with Gasteiger partial charge >= 0.3 is 0 Å². The molecule has 0 aliphatic heterocycles. The SMILES string of the molecule is Cc1c(Cl)cccc1S(=O)(=O)N[C@@H](c1ccsc1)c1cccs1. The topological polar surface area (TPSA) is 46.2 Å². The van der Waals surface area contributed by atoms with Gasteiger partial charge in [-0.2, -0.15) is 16.1 Å². The molecule has 7 heteroatoms. The molecule has 120 valence electrons. The summed E-state index contributed by atoms with van der Waals surface area (Å²) in [4.78, 5) is 1.16. The van der Waals surface area contributed by atoms with Crippen molar-refractivity contribution in [3.8, 4) is 0 Å². The third-order valence-electron chi connectivity index (χ3n) is 3.48. The highest BCUT2D eigenvalue weighted by molar-refractivity contribution is 7.89. The first kappa shape index (κ1) is 16.7. The lowest BCUT2D eigenvalue weighted by Crippen LogP contribution is -2.29. The Labute approximate surface area is 148 Å². The smallest absolute Gasteiger partial charge is 0.207 e. The molecule has 0 unspecified atom stereocenters. The van der Waals surface area contributed by atoms with Crippen LogP contribution in [0, 0.1) is 6.92 Å². The molecule has 0 aliphatic rings. The number of halogens is 1. The minimum atomic E-state index is -3.69. The maximum Gasteiger partial charge on any atom is 0.241 e. The molecule has 0 saturated heterocycles. The van der Waals surface area contributed by atoms with Crippen molar-refractivity contribution in [2.75, 3.05) is 0 Å². The first-order chi connectivity index (χ1) is 11.0. The number of hydrogen-bond acceptors (Lipinski definition) is 4. The summed E-state index contributed by atoms with van der Waals surface area (Å²) in [5.41, 5.74) is 1.48. The normalized spacial score (nSPS) is 13.1. The average Bonchev–Trinajstić information content (AvgIpc) is 3.21. The minimum absolute atomic E-state index is 0.210. The van der Waals surface area contributed by atoms with E-state index in [1.54, 1.807) is 36.5 Å². The molecule has 1 aromatic carbocycles. The standard InChI is InChI=1S/C16H14ClNO2S3/c1-11-13(17)4-2-6-15(11)23(19,20)18-16(12-7-9-21-10-12)14-5-3-8-22-14/h2-10,16,18H,1H3/t16-/m0/s1. The van der Waals surface area contributed by atoms with Gasteiger partial charge in [-0.05, 0) is 58.5 Å². The van der Waals surface area contributed by atoms with Gasteiger partial charge in [0.2, 0.25) is 10.0 Å². The molecule has 2 heterocycles. The van der Waals surface area contributed by atoms with Crippen molar-refractivity contribution in [2.45, 2.75) is 17.9 Å². The first-order valence-electron chi connectivity index (χ1n) is 6.82. The molecule has 3 rings (SSSR count). The second-order valence-electron chi connectivity index (χ2n) is 4.99. The molecule has 1 atom stereocenters. The minimum Gasteiger partial charge on any atom is -0.207 e. The van der Waals surface area contributed by atoms with Crippen LogP contribution in [0.4, 0.5) is 0 Å². The number of benzene rings is 1. The van der Waals surface area contributed by atoms with Crippen LogP contribution in [-0.2, 0) is 10.0 Å². The Balaban J connectivity index is 2.01. The molecule has 0 amide bonds. The maximum absolute atomic E-state index is 12.8. The largest absolute Gasteiger partial charge is 0.241 e. The molecule has 0 fully saturated rings. The summed E-state index contributed by atoms with van der Waals surface area (Å²) in [5.74, 6) is 0. The van der Waals surface area contributed by atoms with Gasteiger partial charge in [0.25, 0.3) is 0 Å². The van der Waals surface area contributed by atoms with E-state index in [9.17, 15) is 8.42 Å². The second kappa shape index (κ2) is 6.75. The Morgan fingerprint density at radius 3 is 2.61 bits per heavy atom. The fourth-order valence-electron chi connectivity index (χ4n) is 2.28. The van der Waals surface area contributed by atoms with Gasteiger partial charge in [-0.3, -0.25) is 0 Å². The highest BCUT2D eigenvalue weighted by Gasteiger charge is 2.25. The van der Waals surface area contributed by atoms with Gasteiger partial charge < -0.3 is 0 Å². The van der Waals surface area contributed by atoms with Crippen molar-refractivity contribution in [3.05, 3.63) is 73.6 Å². The van der Waals surface area contributed by atoms with Gasteiger partial charge in [-0.1, -0.05) is 23.7 Å². The van der Waals surface area contributed by atoms with Crippen LogP contribution in [0.25, 0.3) is 0 Å². The number of rotatable bonds is 5. The van der Waals surface area contributed by atoms with Gasteiger partial charge in [0.1, 0.15) is 0 Å². The van der Waals surface area contributed by atoms with Crippen molar-refractivity contribution in [2.24, 2.45) is 0 Å². The van der Waals surface area contributed by atoms with Crippen molar-refractivity contribution in [1.29, 1.82) is 0 Å². The quantitative estimate of drug-likeness (QED) is 0.685. The van der Waals surface area contributed by atoms with Gasteiger partial charge in [0, 0.05) is 9.90 Å². The maximum atomic E-state index is 12.8. The number of thiophene rings is 2. The van der Waals surface area contributed by atoms with Gasteiger partial charge in [-0.25, -0.2) is 8.42 Å². The summed E-state index contributed by atoms with van der Waals surface area (Å²) in [6, 6.07) is 10.3. The Bertz CT molecular complexity index is 853. The van der Waals surface area contributed by atoms with Crippen molar-refractivity contribution >= 4 is 44.3 Å². The van der Waals surface area contributed by atoms with Gasteiger partial charge in [0.05, 0.1) is 10.9 Å². The summed E-state index contributed by atoms with van der Waals surface area (Å²) in [7, 11) is -3.69. The van der Waals surface area contributed by atoms with Crippen molar-refractivity contribution < 1.29 is 8.42 Å². The summed E-state index contributed by atoms with van der Waals surface area (Å²) in [6.07, 6.45) is 0. The van der Waals surface area contributed by atoms with E-state index < -0.39 is 16.1 Å². The number of nitrogens with one attached hydrogen (secondary N) is 1. The van der Waals surface area contributed by atoms with E-state index in [-0.39, 0.29) is 4.90 Å². The highest BCUT2D eigenvalue weighted by Crippen LogP contribution is 2.30. The first-order valence-corrected chi connectivity index (χ1v) is 10.5. The predicted molar refractivity (Wildman–Crippen MR) is 97.0 cm³/mol. The molecule has 23 heavy (non-hydrogen) atoms. The zero-order chi connectivity index (χ0) is 16.4. The van der Waals surface area contributed by atoms with E-state index >= 15 is 0 Å². The lowest BCUT2D eigenvalue weighted by molar-refractivity contribution is 0.573. The molecule has 0 bridgehead atoms. The van der Waals surface area contributed by atoms with E-state index in [1.165, 1.54) is 11.3 Å². The van der Waals surface area contributed by atoms with E-state index in [1.807, 2.05) is 34.3 Å². The lowest BCUT2D eigenvalue weighted by atomic mass is 10.1. The lowest BCUT2D eigenvalue weighted by Gasteiger charge is -2.18. The molecule has 0 aliphatic carbocycles. The predicted octanol–water partition coefficient (Wildman–Crippen LogP) is 4.84. The van der Waals surface area contributed by atoms with Gasteiger partial charge in [0.15, 0.2) is 0 Å². The third kappa shape index (κ3) is 3.51. The highest BCUT2D eigenvalue weighted by atomic mass is 35.5. The van der Waals surface area contributed by atoms with E-state index in [4.69, 9.17) is 11.6 Å². The van der Waals surface area contributed by atoms with E-state index in [2.05, 4.69) is 4.72 Å². The summed E-state index contributed by atoms with van der Waals surface area (Å²) < 4.78 is 28.5. The van der Waals surface area contributed by atoms with Crippen LogP contribution < -0.4 is 4.72 Å². The van der Waals surface area contributed by atoms with Crippen LogP contribution in [0.3, 0.4) is 0 Å². The Hall–Kier alpha value is -1.18. The van der Waals surface area contributed by atoms with Crippen LogP contribution in [0.1, 0.15) is 22.0 Å². The third-order valence-corrected chi connectivity index (χ3v) is 7.10. The van der Waals surface area contributed by atoms with E-state index in [0.29, 0.717) is 10.6 Å². The Morgan fingerprint density at radius 1 is 1.13 bits per heavy atom. The molecule has 0 saturated carbocycles.